The minimum absolute atomic E-state index is 0.111. The predicted octanol–water partition coefficient (Wildman–Crippen LogP) is 2.56. The van der Waals surface area contributed by atoms with Gasteiger partial charge in [-0.25, -0.2) is 9.78 Å². The summed E-state index contributed by atoms with van der Waals surface area (Å²) in [6.07, 6.45) is 1.54. The summed E-state index contributed by atoms with van der Waals surface area (Å²) < 4.78 is 11.0. The first kappa shape index (κ1) is 13.0. The molecule has 1 rings (SSSR count). The molecule has 1 heterocycles. The lowest BCUT2D eigenvalue weighted by Gasteiger charge is -2.19. The molecule has 0 aliphatic carbocycles. The van der Waals surface area contributed by atoms with Gasteiger partial charge >= 0.3 is 5.97 Å². The van der Waals surface area contributed by atoms with E-state index in [4.69, 9.17) is 9.47 Å². The summed E-state index contributed by atoms with van der Waals surface area (Å²) in [6, 6.07) is 3.46. The van der Waals surface area contributed by atoms with Crippen LogP contribution in [0.1, 0.15) is 20.8 Å². The van der Waals surface area contributed by atoms with Crippen LogP contribution in [0.4, 0.5) is 0 Å². The number of hydrogen-bond donors (Lipinski definition) is 0. The van der Waals surface area contributed by atoms with Crippen LogP contribution < -0.4 is 4.74 Å². The van der Waals surface area contributed by atoms with Crippen molar-refractivity contribution in [1.29, 1.82) is 0 Å². The molecule has 0 atom stereocenters. The Hall–Kier alpha value is -1.10. The molecule has 4 nitrogen and oxygen atoms in total. The van der Waals surface area contributed by atoms with Gasteiger partial charge in [0.15, 0.2) is 6.61 Å². The molecule has 0 unspecified atom stereocenters. The van der Waals surface area contributed by atoms with Crippen LogP contribution in [0.25, 0.3) is 0 Å². The van der Waals surface area contributed by atoms with E-state index in [9.17, 15) is 4.79 Å². The van der Waals surface area contributed by atoms with Gasteiger partial charge in [0.05, 0.1) is 6.20 Å². The van der Waals surface area contributed by atoms with Gasteiger partial charge in [-0.2, -0.15) is 0 Å². The molecule has 88 valence electrons. The summed E-state index contributed by atoms with van der Waals surface area (Å²) in [5.41, 5.74) is -0.488. The lowest BCUT2D eigenvalue weighted by molar-refractivity contribution is -0.157. The Morgan fingerprint density at radius 3 is 2.62 bits per heavy atom. The molecule has 0 fully saturated rings. The Balaban J connectivity index is 2.40. The average Bonchev–Trinajstić information content (AvgIpc) is 2.14. The summed E-state index contributed by atoms with van der Waals surface area (Å²) in [6.45, 7) is 5.32. The van der Waals surface area contributed by atoms with Crippen LogP contribution in [0.3, 0.4) is 0 Å². The van der Waals surface area contributed by atoms with Crippen LogP contribution in [0, 0.1) is 0 Å². The number of aromatic nitrogens is 1. The zero-order valence-corrected chi connectivity index (χ0v) is 11.1. The Morgan fingerprint density at radius 2 is 2.12 bits per heavy atom. The summed E-state index contributed by atoms with van der Waals surface area (Å²) >= 11 is 3.21. The van der Waals surface area contributed by atoms with Crippen LogP contribution in [0.2, 0.25) is 0 Å². The molecule has 1 aromatic heterocycles. The lowest BCUT2D eigenvalue weighted by Crippen LogP contribution is -2.27. The van der Waals surface area contributed by atoms with E-state index in [0.29, 0.717) is 5.75 Å². The van der Waals surface area contributed by atoms with Gasteiger partial charge in [0.25, 0.3) is 0 Å². The van der Waals surface area contributed by atoms with Gasteiger partial charge in [-0.1, -0.05) is 0 Å². The van der Waals surface area contributed by atoms with Gasteiger partial charge in [0.2, 0.25) is 0 Å². The van der Waals surface area contributed by atoms with Gasteiger partial charge in [-0.3, -0.25) is 0 Å². The van der Waals surface area contributed by atoms with Crippen LogP contribution in [0.15, 0.2) is 22.9 Å². The first-order chi connectivity index (χ1) is 7.37. The average molecular weight is 288 g/mol. The molecule has 0 bridgehead atoms. The second kappa shape index (κ2) is 5.30. The maximum absolute atomic E-state index is 11.3. The van der Waals surface area contributed by atoms with E-state index >= 15 is 0 Å². The van der Waals surface area contributed by atoms with Crippen molar-refractivity contribution in [3.05, 3.63) is 22.9 Å². The number of rotatable bonds is 3. The van der Waals surface area contributed by atoms with Crippen LogP contribution in [-0.2, 0) is 9.53 Å². The number of hydrogen-bond acceptors (Lipinski definition) is 4. The molecule has 0 radical (unpaired) electrons. The highest BCUT2D eigenvalue weighted by Crippen LogP contribution is 2.13. The van der Waals surface area contributed by atoms with Crippen LogP contribution in [-0.4, -0.2) is 23.2 Å². The van der Waals surface area contributed by atoms with Crippen molar-refractivity contribution in [3.63, 3.8) is 0 Å². The molecule has 0 N–H and O–H groups in total. The fraction of sp³-hybridized carbons (Fsp3) is 0.455. The fourth-order valence-corrected chi connectivity index (χ4v) is 1.20. The SMILES string of the molecule is CC(C)(C)OC(=O)COc1ccc(Br)nc1. The van der Waals surface area contributed by atoms with Crippen molar-refractivity contribution >= 4 is 21.9 Å². The van der Waals surface area contributed by atoms with E-state index < -0.39 is 11.6 Å². The van der Waals surface area contributed by atoms with Gasteiger partial charge < -0.3 is 9.47 Å². The van der Waals surface area contributed by atoms with E-state index in [1.54, 1.807) is 12.1 Å². The Bertz CT molecular complexity index is 356. The zero-order chi connectivity index (χ0) is 12.2. The van der Waals surface area contributed by atoms with E-state index in [-0.39, 0.29) is 6.61 Å². The molecule has 1 aromatic rings. The summed E-state index contributed by atoms with van der Waals surface area (Å²) in [5.74, 6) is 0.143. The van der Waals surface area contributed by atoms with E-state index in [1.165, 1.54) is 6.20 Å². The number of carbonyl (C=O) groups is 1. The van der Waals surface area contributed by atoms with E-state index in [0.717, 1.165) is 4.60 Å². The molecule has 5 heteroatoms. The quantitative estimate of drug-likeness (QED) is 0.633. The fourth-order valence-electron chi connectivity index (χ4n) is 0.961. The first-order valence-corrected chi connectivity index (χ1v) is 5.62. The molecule has 0 saturated carbocycles. The number of halogens is 1. The Kier molecular flexibility index (Phi) is 4.29. The van der Waals surface area contributed by atoms with Gasteiger partial charge in [-0.15, -0.1) is 0 Å². The topological polar surface area (TPSA) is 48.4 Å². The molecule has 0 amide bonds. The van der Waals surface area contributed by atoms with Crippen molar-refractivity contribution in [2.75, 3.05) is 6.61 Å². The number of esters is 1. The van der Waals surface area contributed by atoms with Crippen molar-refractivity contribution in [2.24, 2.45) is 0 Å². The molecular formula is C11H14BrNO3. The largest absolute Gasteiger partial charge is 0.480 e. The maximum Gasteiger partial charge on any atom is 0.344 e. The van der Waals surface area contributed by atoms with Gasteiger partial charge in [-0.05, 0) is 48.8 Å². The molecule has 0 spiro atoms. The summed E-state index contributed by atoms with van der Waals surface area (Å²) in [4.78, 5) is 15.3. The van der Waals surface area contributed by atoms with E-state index in [1.807, 2.05) is 20.8 Å². The smallest absolute Gasteiger partial charge is 0.344 e. The highest BCUT2D eigenvalue weighted by molar-refractivity contribution is 9.10. The van der Waals surface area contributed by atoms with Crippen LogP contribution in [0.5, 0.6) is 5.75 Å². The summed E-state index contributed by atoms with van der Waals surface area (Å²) in [5, 5.41) is 0. The third kappa shape index (κ3) is 5.11. The molecule has 0 aliphatic rings. The van der Waals surface area contributed by atoms with Crippen molar-refractivity contribution < 1.29 is 14.3 Å². The molecule has 0 saturated heterocycles. The monoisotopic (exact) mass is 287 g/mol. The zero-order valence-electron chi connectivity index (χ0n) is 9.49. The second-order valence-corrected chi connectivity index (χ2v) is 5.00. The minimum atomic E-state index is -0.488. The molecule has 16 heavy (non-hydrogen) atoms. The summed E-state index contributed by atoms with van der Waals surface area (Å²) in [7, 11) is 0. The number of nitrogens with zero attached hydrogens (tertiary/aromatic N) is 1. The predicted molar refractivity (Wildman–Crippen MR) is 63.3 cm³/mol. The van der Waals surface area contributed by atoms with Gasteiger partial charge in [0, 0.05) is 0 Å². The van der Waals surface area contributed by atoms with Crippen LogP contribution >= 0.6 is 15.9 Å². The normalized spacial score (nSPS) is 11.0. The Morgan fingerprint density at radius 1 is 1.44 bits per heavy atom. The molecular weight excluding hydrogens is 274 g/mol. The Labute approximate surface area is 103 Å². The third-order valence-corrected chi connectivity index (χ3v) is 1.95. The number of ether oxygens (including phenoxy) is 2. The second-order valence-electron chi connectivity index (χ2n) is 4.19. The number of carbonyl (C=O) groups excluding carboxylic acids is 1. The maximum atomic E-state index is 11.3. The highest BCUT2D eigenvalue weighted by atomic mass is 79.9. The minimum Gasteiger partial charge on any atom is -0.480 e. The molecule has 0 aliphatic heterocycles. The van der Waals surface area contributed by atoms with Crippen molar-refractivity contribution in [1.82, 2.24) is 4.98 Å². The molecule has 0 aromatic carbocycles. The van der Waals surface area contributed by atoms with E-state index in [2.05, 4.69) is 20.9 Å². The third-order valence-electron chi connectivity index (χ3n) is 1.48. The standard InChI is InChI=1S/C11H14BrNO3/c1-11(2,3)16-10(14)7-15-8-4-5-9(12)13-6-8/h4-6H,7H2,1-3H3. The number of pyridine rings is 1. The first-order valence-electron chi connectivity index (χ1n) is 4.83. The van der Waals surface area contributed by atoms with Crippen molar-refractivity contribution in [3.8, 4) is 5.75 Å². The highest BCUT2D eigenvalue weighted by Gasteiger charge is 2.16. The van der Waals surface area contributed by atoms with Crippen molar-refractivity contribution in [2.45, 2.75) is 26.4 Å². The lowest BCUT2D eigenvalue weighted by atomic mass is 10.2. The van der Waals surface area contributed by atoms with Gasteiger partial charge in [0.1, 0.15) is 16.0 Å².